The Morgan fingerprint density at radius 2 is 1.88 bits per heavy atom. The molecule has 0 aliphatic heterocycles. The van der Waals surface area contributed by atoms with Crippen LogP contribution in [0, 0.1) is 6.92 Å². The number of hydrogen-bond donors (Lipinski definition) is 0. The van der Waals surface area contributed by atoms with Gasteiger partial charge in [0.2, 0.25) is 0 Å². The molecular weight excluding hydrogens is 240 g/mol. The minimum atomic E-state index is -0.435. The maximum Gasteiger partial charge on any atom is 0.340 e. The zero-order valence-electron chi connectivity index (χ0n) is 9.79. The van der Waals surface area contributed by atoms with Crippen LogP contribution in [0.2, 0.25) is 0 Å². The SMILES string of the molecule is Cc1csc2scc(C(=O)OC(C)(C)C)c12. The van der Waals surface area contributed by atoms with E-state index in [9.17, 15) is 4.79 Å². The normalized spacial score (nSPS) is 12.0. The first-order valence-electron chi connectivity index (χ1n) is 5.07. The topological polar surface area (TPSA) is 26.3 Å². The van der Waals surface area contributed by atoms with Crippen LogP contribution in [-0.4, -0.2) is 11.6 Å². The van der Waals surface area contributed by atoms with Gasteiger partial charge in [0.25, 0.3) is 0 Å². The van der Waals surface area contributed by atoms with E-state index < -0.39 is 5.60 Å². The molecule has 86 valence electrons. The van der Waals surface area contributed by atoms with Gasteiger partial charge in [0, 0.05) is 10.8 Å². The maximum atomic E-state index is 12.0. The summed E-state index contributed by atoms with van der Waals surface area (Å²) in [6, 6.07) is 0. The molecule has 16 heavy (non-hydrogen) atoms. The highest BCUT2D eigenvalue weighted by atomic mass is 32.2. The predicted molar refractivity (Wildman–Crippen MR) is 69.6 cm³/mol. The molecule has 0 aliphatic carbocycles. The van der Waals surface area contributed by atoms with E-state index in [-0.39, 0.29) is 5.97 Å². The number of carbonyl (C=O) groups is 1. The van der Waals surface area contributed by atoms with Gasteiger partial charge in [-0.1, -0.05) is 0 Å². The predicted octanol–water partition coefficient (Wildman–Crippen LogP) is 4.23. The van der Waals surface area contributed by atoms with E-state index in [1.807, 2.05) is 33.1 Å². The molecule has 0 fully saturated rings. The lowest BCUT2D eigenvalue weighted by Gasteiger charge is -2.19. The Hall–Kier alpha value is -0.870. The second-order valence-electron chi connectivity index (χ2n) is 4.73. The van der Waals surface area contributed by atoms with Gasteiger partial charge in [-0.2, -0.15) is 0 Å². The van der Waals surface area contributed by atoms with Crippen LogP contribution in [0.1, 0.15) is 36.7 Å². The molecule has 0 saturated carbocycles. The number of ether oxygens (including phenoxy) is 1. The van der Waals surface area contributed by atoms with Gasteiger partial charge in [-0.05, 0) is 38.6 Å². The van der Waals surface area contributed by atoms with E-state index >= 15 is 0 Å². The van der Waals surface area contributed by atoms with Gasteiger partial charge in [-0.3, -0.25) is 0 Å². The number of rotatable bonds is 1. The third-order valence-corrected chi connectivity index (χ3v) is 4.35. The zero-order valence-corrected chi connectivity index (χ0v) is 11.4. The van der Waals surface area contributed by atoms with Crippen LogP contribution < -0.4 is 0 Å². The first-order valence-corrected chi connectivity index (χ1v) is 6.83. The van der Waals surface area contributed by atoms with Crippen LogP contribution >= 0.6 is 22.7 Å². The summed E-state index contributed by atoms with van der Waals surface area (Å²) in [6.45, 7) is 7.68. The highest BCUT2D eigenvalue weighted by Crippen LogP contribution is 2.34. The monoisotopic (exact) mass is 254 g/mol. The average Bonchev–Trinajstić information content (AvgIpc) is 2.66. The van der Waals surface area contributed by atoms with Crippen molar-refractivity contribution < 1.29 is 9.53 Å². The van der Waals surface area contributed by atoms with Crippen LogP contribution in [0.5, 0.6) is 0 Å². The molecule has 0 aromatic carbocycles. The van der Waals surface area contributed by atoms with Crippen LogP contribution in [0.4, 0.5) is 0 Å². The Balaban J connectivity index is 2.40. The minimum Gasteiger partial charge on any atom is -0.456 e. The molecule has 0 amide bonds. The largest absolute Gasteiger partial charge is 0.456 e. The average molecular weight is 254 g/mol. The zero-order chi connectivity index (χ0) is 11.9. The van der Waals surface area contributed by atoms with Crippen LogP contribution in [0.25, 0.3) is 9.40 Å². The van der Waals surface area contributed by atoms with Crippen molar-refractivity contribution >= 4 is 38.0 Å². The molecule has 2 heterocycles. The van der Waals surface area contributed by atoms with E-state index in [4.69, 9.17) is 4.74 Å². The van der Waals surface area contributed by atoms with Crippen molar-refractivity contribution in [2.24, 2.45) is 0 Å². The molecule has 0 unspecified atom stereocenters. The summed E-state index contributed by atoms with van der Waals surface area (Å²) in [5, 5.41) is 5.03. The smallest absolute Gasteiger partial charge is 0.340 e. The first-order chi connectivity index (χ1) is 7.38. The molecule has 0 saturated heterocycles. The highest BCUT2D eigenvalue weighted by molar-refractivity contribution is 7.37. The van der Waals surface area contributed by atoms with E-state index in [1.54, 1.807) is 22.7 Å². The quantitative estimate of drug-likeness (QED) is 0.712. The second kappa shape index (κ2) is 3.86. The summed E-state index contributed by atoms with van der Waals surface area (Å²) < 4.78 is 6.58. The molecule has 0 spiro atoms. The van der Waals surface area contributed by atoms with Crippen molar-refractivity contribution in [3.05, 3.63) is 21.9 Å². The van der Waals surface area contributed by atoms with Gasteiger partial charge in [-0.25, -0.2) is 4.79 Å². The fourth-order valence-corrected chi connectivity index (χ4v) is 3.61. The number of esters is 1. The standard InChI is InChI=1S/C12H14O2S2/c1-7-5-15-11-9(7)8(6-16-11)10(13)14-12(2,3)4/h5-6H,1-4H3. The first kappa shape index (κ1) is 11.6. The number of aryl methyl sites for hydroxylation is 1. The Morgan fingerprint density at radius 1 is 1.25 bits per heavy atom. The molecule has 0 atom stereocenters. The van der Waals surface area contributed by atoms with Crippen molar-refractivity contribution in [2.45, 2.75) is 33.3 Å². The fourth-order valence-electron chi connectivity index (χ4n) is 1.48. The Bertz CT molecular complexity index is 529. The van der Waals surface area contributed by atoms with Gasteiger partial charge in [0.1, 0.15) is 5.60 Å². The lowest BCUT2D eigenvalue weighted by Crippen LogP contribution is -2.23. The van der Waals surface area contributed by atoms with Gasteiger partial charge < -0.3 is 4.74 Å². The van der Waals surface area contributed by atoms with Crippen LogP contribution in [0.15, 0.2) is 10.8 Å². The van der Waals surface area contributed by atoms with Crippen molar-refractivity contribution in [2.75, 3.05) is 0 Å². The second-order valence-corrected chi connectivity index (χ2v) is 6.75. The molecule has 2 nitrogen and oxygen atoms in total. The number of carbonyl (C=O) groups excluding carboxylic acids is 1. The summed E-state index contributed by atoms with van der Waals surface area (Å²) in [6.07, 6.45) is 0. The van der Waals surface area contributed by atoms with Crippen LogP contribution in [0.3, 0.4) is 0 Å². The summed E-state index contributed by atoms with van der Waals surface area (Å²) in [5.41, 5.74) is 1.42. The highest BCUT2D eigenvalue weighted by Gasteiger charge is 2.21. The van der Waals surface area contributed by atoms with E-state index in [2.05, 4.69) is 5.38 Å². The third-order valence-electron chi connectivity index (χ3n) is 2.11. The van der Waals surface area contributed by atoms with Crippen molar-refractivity contribution in [1.29, 1.82) is 0 Å². The molecule has 0 aliphatic rings. The van der Waals surface area contributed by atoms with Crippen LogP contribution in [-0.2, 0) is 4.74 Å². The molecule has 2 rings (SSSR count). The van der Waals surface area contributed by atoms with Crippen molar-refractivity contribution in [3.63, 3.8) is 0 Å². The number of hydrogen-bond acceptors (Lipinski definition) is 4. The molecule has 0 bridgehead atoms. The minimum absolute atomic E-state index is 0.222. The van der Waals surface area contributed by atoms with E-state index in [1.165, 1.54) is 4.01 Å². The Morgan fingerprint density at radius 3 is 2.50 bits per heavy atom. The summed E-state index contributed by atoms with van der Waals surface area (Å²) in [5.74, 6) is -0.222. The Kier molecular flexibility index (Phi) is 2.80. The van der Waals surface area contributed by atoms with E-state index in [0.717, 1.165) is 10.9 Å². The molecule has 0 radical (unpaired) electrons. The van der Waals surface area contributed by atoms with Gasteiger partial charge in [-0.15, -0.1) is 22.7 Å². The summed E-state index contributed by atoms with van der Waals surface area (Å²) in [7, 11) is 0. The van der Waals surface area contributed by atoms with Gasteiger partial charge >= 0.3 is 5.97 Å². The Labute approximate surface area is 103 Å². The van der Waals surface area contributed by atoms with Crippen molar-refractivity contribution in [3.8, 4) is 0 Å². The molecule has 2 aromatic rings. The number of thiophene rings is 2. The lowest BCUT2D eigenvalue weighted by molar-refractivity contribution is 0.00723. The van der Waals surface area contributed by atoms with E-state index in [0.29, 0.717) is 5.56 Å². The summed E-state index contributed by atoms with van der Waals surface area (Å²) in [4.78, 5) is 12.0. The molecule has 0 N–H and O–H groups in total. The maximum absolute atomic E-state index is 12.0. The lowest BCUT2D eigenvalue weighted by atomic mass is 10.1. The summed E-state index contributed by atoms with van der Waals surface area (Å²) >= 11 is 3.29. The number of fused-ring (bicyclic) bond motifs is 1. The van der Waals surface area contributed by atoms with Gasteiger partial charge in [0.05, 0.1) is 9.58 Å². The van der Waals surface area contributed by atoms with Crippen molar-refractivity contribution in [1.82, 2.24) is 0 Å². The fraction of sp³-hybridized carbons (Fsp3) is 0.417. The molecular formula is C12H14O2S2. The molecule has 4 heteroatoms. The third kappa shape index (κ3) is 2.13. The molecule has 2 aromatic heterocycles. The van der Waals surface area contributed by atoms with Gasteiger partial charge in [0.15, 0.2) is 0 Å².